The first-order chi connectivity index (χ1) is 9.17. The van der Waals surface area contributed by atoms with Crippen molar-refractivity contribution >= 4 is 11.8 Å². The number of methoxy groups -OCH3 is 1. The first kappa shape index (κ1) is 12.0. The number of hydrogen-bond donors (Lipinski definition) is 0. The number of benzene rings is 1. The topological polar surface area (TPSA) is 71.1 Å². The van der Waals surface area contributed by atoms with Crippen LogP contribution in [0.25, 0.3) is 0 Å². The fraction of sp³-hybridized carbons (Fsp3) is 0.385. The van der Waals surface area contributed by atoms with Crippen molar-refractivity contribution in [3.8, 4) is 11.5 Å². The third-order valence-corrected chi connectivity index (χ3v) is 3.34. The summed E-state index contributed by atoms with van der Waals surface area (Å²) in [6.45, 7) is 0.234. The Kier molecular flexibility index (Phi) is 2.67. The summed E-state index contributed by atoms with van der Waals surface area (Å²) in [6, 6.07) is 4.84. The molecule has 2 heterocycles. The molecule has 1 aromatic carbocycles. The SMILES string of the molecule is COC(=O)C1(C(=O)c2ccc3c(c2)OCO3)COC1. The van der Waals surface area contributed by atoms with E-state index < -0.39 is 11.4 Å². The average Bonchev–Trinajstić information content (AvgIpc) is 2.84. The predicted octanol–water partition coefficient (Wildman–Crippen LogP) is 0.788. The molecule has 0 aliphatic carbocycles. The van der Waals surface area contributed by atoms with E-state index in [4.69, 9.17) is 18.9 Å². The van der Waals surface area contributed by atoms with Gasteiger partial charge in [-0.15, -0.1) is 0 Å². The van der Waals surface area contributed by atoms with Gasteiger partial charge in [-0.1, -0.05) is 0 Å². The highest BCUT2D eigenvalue weighted by Crippen LogP contribution is 2.37. The van der Waals surface area contributed by atoms with E-state index >= 15 is 0 Å². The number of carbonyl (C=O) groups is 2. The van der Waals surface area contributed by atoms with Crippen molar-refractivity contribution < 1.29 is 28.5 Å². The summed E-state index contributed by atoms with van der Waals surface area (Å²) >= 11 is 0. The Morgan fingerprint density at radius 1 is 1.21 bits per heavy atom. The van der Waals surface area contributed by atoms with Crippen LogP contribution in [-0.2, 0) is 14.3 Å². The van der Waals surface area contributed by atoms with E-state index in [-0.39, 0.29) is 25.8 Å². The molecule has 1 fully saturated rings. The Balaban J connectivity index is 1.93. The Labute approximate surface area is 109 Å². The van der Waals surface area contributed by atoms with Gasteiger partial charge in [0.25, 0.3) is 0 Å². The maximum atomic E-state index is 12.5. The molecule has 0 amide bonds. The summed E-state index contributed by atoms with van der Waals surface area (Å²) in [5.74, 6) is 0.213. The van der Waals surface area contributed by atoms with Crippen molar-refractivity contribution in [1.82, 2.24) is 0 Å². The average molecular weight is 264 g/mol. The molecule has 2 aliphatic rings. The van der Waals surface area contributed by atoms with Gasteiger partial charge in [0.15, 0.2) is 22.7 Å². The Morgan fingerprint density at radius 2 is 1.95 bits per heavy atom. The number of ether oxygens (including phenoxy) is 4. The van der Waals surface area contributed by atoms with E-state index in [2.05, 4.69) is 0 Å². The fourth-order valence-corrected chi connectivity index (χ4v) is 2.16. The predicted molar refractivity (Wildman–Crippen MR) is 62.2 cm³/mol. The Morgan fingerprint density at radius 3 is 2.58 bits per heavy atom. The Hall–Kier alpha value is -2.08. The number of fused-ring (bicyclic) bond motifs is 1. The van der Waals surface area contributed by atoms with E-state index in [1.807, 2.05) is 0 Å². The molecule has 3 rings (SSSR count). The lowest BCUT2D eigenvalue weighted by Crippen LogP contribution is -2.55. The molecule has 0 atom stereocenters. The van der Waals surface area contributed by atoms with Gasteiger partial charge in [-0.3, -0.25) is 9.59 Å². The molecule has 0 bridgehead atoms. The van der Waals surface area contributed by atoms with E-state index in [1.165, 1.54) is 7.11 Å². The molecule has 0 aromatic heterocycles. The first-order valence-corrected chi connectivity index (χ1v) is 5.78. The van der Waals surface area contributed by atoms with Gasteiger partial charge in [0, 0.05) is 5.56 Å². The van der Waals surface area contributed by atoms with Gasteiger partial charge in [-0.2, -0.15) is 0 Å². The molecule has 0 saturated carbocycles. The molecule has 0 radical (unpaired) electrons. The minimum atomic E-state index is -1.22. The normalized spacial score (nSPS) is 18.6. The molecule has 1 aromatic rings. The van der Waals surface area contributed by atoms with Crippen LogP contribution in [0.4, 0.5) is 0 Å². The molecule has 1 saturated heterocycles. The quantitative estimate of drug-likeness (QED) is 0.456. The zero-order chi connectivity index (χ0) is 13.5. The minimum absolute atomic E-state index is 0.0486. The van der Waals surface area contributed by atoms with Gasteiger partial charge in [0.05, 0.1) is 20.3 Å². The monoisotopic (exact) mass is 264 g/mol. The van der Waals surface area contributed by atoms with Gasteiger partial charge < -0.3 is 18.9 Å². The highest BCUT2D eigenvalue weighted by atomic mass is 16.7. The van der Waals surface area contributed by atoms with E-state index in [0.29, 0.717) is 17.1 Å². The van der Waals surface area contributed by atoms with Gasteiger partial charge in [0.1, 0.15) is 0 Å². The van der Waals surface area contributed by atoms with Gasteiger partial charge in [0.2, 0.25) is 6.79 Å². The molecule has 100 valence electrons. The van der Waals surface area contributed by atoms with Gasteiger partial charge >= 0.3 is 5.97 Å². The van der Waals surface area contributed by atoms with Crippen LogP contribution in [0.3, 0.4) is 0 Å². The second-order valence-corrected chi connectivity index (χ2v) is 4.46. The lowest BCUT2D eigenvalue weighted by atomic mass is 9.78. The maximum Gasteiger partial charge on any atom is 0.324 e. The summed E-state index contributed by atoms with van der Waals surface area (Å²) in [5, 5.41) is 0. The highest BCUT2D eigenvalue weighted by molar-refractivity contribution is 6.13. The van der Waals surface area contributed by atoms with Crippen LogP contribution in [-0.4, -0.2) is 38.9 Å². The lowest BCUT2D eigenvalue weighted by Gasteiger charge is -2.36. The highest BCUT2D eigenvalue weighted by Gasteiger charge is 2.54. The minimum Gasteiger partial charge on any atom is -0.468 e. The maximum absolute atomic E-state index is 12.5. The summed E-state index contributed by atoms with van der Waals surface area (Å²) in [4.78, 5) is 24.3. The summed E-state index contributed by atoms with van der Waals surface area (Å²) < 4.78 is 20.1. The van der Waals surface area contributed by atoms with Gasteiger partial charge in [-0.25, -0.2) is 0 Å². The van der Waals surface area contributed by atoms with E-state index in [0.717, 1.165) is 0 Å². The molecule has 6 heteroatoms. The standard InChI is InChI=1S/C13H12O6/c1-16-12(15)13(5-17-6-13)11(14)8-2-3-9-10(4-8)19-7-18-9/h2-4H,5-7H2,1H3. The largest absolute Gasteiger partial charge is 0.468 e. The van der Waals surface area contributed by atoms with Crippen molar-refractivity contribution in [3.63, 3.8) is 0 Å². The number of hydrogen-bond acceptors (Lipinski definition) is 6. The van der Waals surface area contributed by atoms with Crippen molar-refractivity contribution in [1.29, 1.82) is 0 Å². The van der Waals surface area contributed by atoms with E-state index in [1.54, 1.807) is 18.2 Å². The second kappa shape index (κ2) is 4.24. The van der Waals surface area contributed by atoms with E-state index in [9.17, 15) is 9.59 Å². The number of esters is 1. The summed E-state index contributed by atoms with van der Waals surface area (Å²) in [6.07, 6.45) is 0. The van der Waals surface area contributed by atoms with Crippen molar-refractivity contribution in [2.24, 2.45) is 5.41 Å². The van der Waals surface area contributed by atoms with Crippen LogP contribution in [0.2, 0.25) is 0 Å². The Bertz CT molecular complexity index is 546. The zero-order valence-electron chi connectivity index (χ0n) is 10.3. The number of rotatable bonds is 3. The van der Waals surface area contributed by atoms with Crippen LogP contribution in [0.15, 0.2) is 18.2 Å². The van der Waals surface area contributed by atoms with Crippen molar-refractivity contribution in [3.05, 3.63) is 23.8 Å². The second-order valence-electron chi connectivity index (χ2n) is 4.46. The first-order valence-electron chi connectivity index (χ1n) is 5.78. The smallest absolute Gasteiger partial charge is 0.324 e. The third kappa shape index (κ3) is 1.67. The van der Waals surface area contributed by atoms with Crippen molar-refractivity contribution in [2.75, 3.05) is 27.1 Å². The van der Waals surface area contributed by atoms with Crippen LogP contribution >= 0.6 is 0 Å². The number of ketones is 1. The van der Waals surface area contributed by atoms with Crippen LogP contribution in [0.1, 0.15) is 10.4 Å². The molecule has 19 heavy (non-hydrogen) atoms. The molecular weight excluding hydrogens is 252 g/mol. The number of carbonyl (C=O) groups excluding carboxylic acids is 2. The number of Topliss-reactive ketones (excluding diaryl/α,β-unsaturated/α-hetero) is 1. The van der Waals surface area contributed by atoms with Crippen LogP contribution in [0, 0.1) is 5.41 Å². The van der Waals surface area contributed by atoms with Gasteiger partial charge in [-0.05, 0) is 18.2 Å². The molecule has 6 nitrogen and oxygen atoms in total. The zero-order valence-corrected chi connectivity index (χ0v) is 10.3. The summed E-state index contributed by atoms with van der Waals surface area (Å²) in [7, 11) is 1.26. The third-order valence-electron chi connectivity index (χ3n) is 3.34. The van der Waals surface area contributed by atoms with Crippen molar-refractivity contribution in [2.45, 2.75) is 0 Å². The molecule has 0 unspecified atom stereocenters. The fourth-order valence-electron chi connectivity index (χ4n) is 2.16. The summed E-state index contributed by atoms with van der Waals surface area (Å²) in [5.41, 5.74) is -0.833. The molecule has 2 aliphatic heterocycles. The molecule has 0 N–H and O–H groups in total. The van der Waals surface area contributed by atoms with Crippen LogP contribution in [0.5, 0.6) is 11.5 Å². The molecule has 0 spiro atoms. The molecular formula is C13H12O6. The van der Waals surface area contributed by atoms with Crippen LogP contribution < -0.4 is 9.47 Å². The lowest BCUT2D eigenvalue weighted by molar-refractivity contribution is -0.172.